The number of allylic oxidation sites excluding steroid dienone is 2. The molecule has 6 N–H and O–H groups in total. The average Bonchev–Trinajstić information content (AvgIpc) is 2.77. The lowest BCUT2D eigenvalue weighted by molar-refractivity contribution is -0.145. The summed E-state index contributed by atoms with van der Waals surface area (Å²) in [5.74, 6) is -6.90. The number of aliphatic hydroxyl groups excluding tert-OH is 2. The summed E-state index contributed by atoms with van der Waals surface area (Å²) in [6, 6.07) is 11.0. The molecule has 0 aliphatic heterocycles. The topological polar surface area (TPSA) is 173 Å². The van der Waals surface area contributed by atoms with Gasteiger partial charge in [0.25, 0.3) is 0 Å². The highest BCUT2D eigenvalue weighted by Crippen LogP contribution is 2.40. The van der Waals surface area contributed by atoms with Gasteiger partial charge < -0.3 is 30.6 Å². The molecule has 9 heteroatoms. The first-order chi connectivity index (χ1) is 15.9. The number of phenols is 2. The fraction of sp³-hybridized carbons (Fsp3) is 0.160. The van der Waals surface area contributed by atoms with Crippen LogP contribution >= 0.6 is 0 Å². The van der Waals surface area contributed by atoms with E-state index >= 15 is 0 Å². The van der Waals surface area contributed by atoms with Crippen LogP contribution in [0.1, 0.15) is 30.4 Å². The lowest BCUT2D eigenvalue weighted by atomic mass is 9.72. The van der Waals surface area contributed by atoms with Crippen LogP contribution in [0.2, 0.25) is 0 Å². The lowest BCUT2D eigenvalue weighted by Crippen LogP contribution is -2.50. The number of carbonyl (C=O) groups excluding carboxylic acids is 2. The number of ketones is 2. The molecular weight excluding hydrogens is 444 g/mol. The van der Waals surface area contributed by atoms with Gasteiger partial charge in [0, 0.05) is 11.5 Å². The van der Waals surface area contributed by atoms with Crippen LogP contribution in [-0.4, -0.2) is 53.8 Å². The molecular formula is C25H22O9. The van der Waals surface area contributed by atoms with Gasteiger partial charge in [-0.2, -0.15) is 0 Å². The van der Waals surface area contributed by atoms with E-state index in [4.69, 9.17) is 0 Å². The maximum atomic E-state index is 13.0. The second kappa shape index (κ2) is 9.24. The molecule has 0 bridgehead atoms. The van der Waals surface area contributed by atoms with Gasteiger partial charge in [0.1, 0.15) is 28.6 Å². The lowest BCUT2D eigenvalue weighted by Gasteiger charge is -2.32. The van der Waals surface area contributed by atoms with Crippen LogP contribution in [0.15, 0.2) is 77.3 Å². The van der Waals surface area contributed by atoms with Gasteiger partial charge in [-0.05, 0) is 48.4 Å². The Morgan fingerprint density at radius 3 is 1.97 bits per heavy atom. The van der Waals surface area contributed by atoms with E-state index in [1.165, 1.54) is 54.6 Å². The van der Waals surface area contributed by atoms with E-state index < -0.39 is 58.1 Å². The Morgan fingerprint density at radius 2 is 1.44 bits per heavy atom. The predicted molar refractivity (Wildman–Crippen MR) is 120 cm³/mol. The summed E-state index contributed by atoms with van der Waals surface area (Å²) in [5, 5.41) is 60.5. The number of aliphatic carboxylic acids is 1. The minimum absolute atomic E-state index is 0.0145. The van der Waals surface area contributed by atoms with Crippen molar-refractivity contribution in [2.75, 3.05) is 0 Å². The zero-order chi connectivity index (χ0) is 25.2. The number of carboxylic acids is 1. The number of carboxylic acid groups (broad SMARTS) is 1. The fourth-order valence-electron chi connectivity index (χ4n) is 3.63. The van der Waals surface area contributed by atoms with Gasteiger partial charge in [0.15, 0.2) is 5.60 Å². The molecule has 0 amide bonds. The molecule has 2 atom stereocenters. The molecule has 1 aliphatic rings. The number of Topliss-reactive ketones (excluding diaryl/α,β-unsaturated/α-hetero) is 2. The Bertz CT molecular complexity index is 1230. The smallest absolute Gasteiger partial charge is 0.304 e. The van der Waals surface area contributed by atoms with E-state index in [-0.39, 0.29) is 17.1 Å². The van der Waals surface area contributed by atoms with Crippen molar-refractivity contribution in [3.63, 3.8) is 0 Å². The normalized spacial score (nSPS) is 21.1. The molecule has 0 radical (unpaired) electrons. The first kappa shape index (κ1) is 24.3. The Morgan fingerprint density at radius 1 is 0.912 bits per heavy atom. The van der Waals surface area contributed by atoms with Crippen LogP contribution in [0.5, 0.6) is 11.5 Å². The third-order valence-corrected chi connectivity index (χ3v) is 5.45. The second-order valence-corrected chi connectivity index (χ2v) is 7.92. The van der Waals surface area contributed by atoms with Crippen LogP contribution in [0.4, 0.5) is 0 Å². The maximum absolute atomic E-state index is 13.0. The van der Waals surface area contributed by atoms with Crippen LogP contribution in [0.25, 0.3) is 6.08 Å². The van der Waals surface area contributed by atoms with Gasteiger partial charge in [-0.15, -0.1) is 0 Å². The van der Waals surface area contributed by atoms with Crippen LogP contribution in [0, 0.1) is 0 Å². The molecule has 176 valence electrons. The number of aliphatic hydroxyl groups is 3. The quantitative estimate of drug-likeness (QED) is 0.213. The number of benzene rings is 2. The van der Waals surface area contributed by atoms with Gasteiger partial charge in [-0.1, -0.05) is 30.3 Å². The van der Waals surface area contributed by atoms with E-state index in [0.29, 0.717) is 5.56 Å². The van der Waals surface area contributed by atoms with Crippen molar-refractivity contribution >= 4 is 23.6 Å². The van der Waals surface area contributed by atoms with Gasteiger partial charge in [-0.25, -0.2) is 0 Å². The average molecular weight is 466 g/mol. The SMILES string of the molecule is CC1(O)C(=O)C(C(CC(=O)O)c2ccc(O)cc2)=C(O)/C(=C(O)/C=C/c2ccc(O)cc2)C1=O. The van der Waals surface area contributed by atoms with Crippen molar-refractivity contribution in [2.24, 2.45) is 0 Å². The summed E-state index contributed by atoms with van der Waals surface area (Å²) in [4.78, 5) is 37.4. The van der Waals surface area contributed by atoms with Crippen molar-refractivity contribution in [2.45, 2.75) is 24.9 Å². The molecule has 0 aromatic heterocycles. The molecule has 0 spiro atoms. The number of hydrogen-bond acceptors (Lipinski definition) is 8. The molecule has 2 aromatic carbocycles. The molecule has 0 fully saturated rings. The summed E-state index contributed by atoms with van der Waals surface area (Å²) in [7, 11) is 0. The standard InChI is InChI=1S/C25H22O9/c1-25(34)23(32)20(17(12-19(29)30)14-5-9-16(27)10-6-14)22(31)21(24(25)33)18(28)11-4-13-2-7-15(26)8-3-13/h2-11,17,26-28,31,34H,12H2,1H3,(H,29,30)/b11-4+,21-18+. The van der Waals surface area contributed by atoms with Gasteiger partial charge in [0.05, 0.1) is 6.42 Å². The van der Waals surface area contributed by atoms with Crippen molar-refractivity contribution in [3.05, 3.63) is 88.4 Å². The number of phenolic OH excluding ortho intramolecular Hbond substituents is 2. The fourth-order valence-corrected chi connectivity index (χ4v) is 3.63. The molecule has 1 aliphatic carbocycles. The second-order valence-electron chi connectivity index (χ2n) is 7.92. The summed E-state index contributed by atoms with van der Waals surface area (Å²) < 4.78 is 0. The van der Waals surface area contributed by atoms with Crippen molar-refractivity contribution in [1.82, 2.24) is 0 Å². The third kappa shape index (κ3) is 4.69. The summed E-state index contributed by atoms with van der Waals surface area (Å²) in [6.07, 6.45) is 1.74. The molecule has 2 unspecified atom stereocenters. The highest BCUT2D eigenvalue weighted by molar-refractivity contribution is 6.27. The summed E-state index contributed by atoms with van der Waals surface area (Å²) >= 11 is 0. The van der Waals surface area contributed by atoms with Gasteiger partial charge >= 0.3 is 5.97 Å². The van der Waals surface area contributed by atoms with E-state index in [1.807, 2.05) is 0 Å². The van der Waals surface area contributed by atoms with E-state index in [0.717, 1.165) is 13.0 Å². The van der Waals surface area contributed by atoms with Crippen molar-refractivity contribution < 1.29 is 45.0 Å². The molecule has 2 aromatic rings. The van der Waals surface area contributed by atoms with Crippen LogP contribution in [-0.2, 0) is 14.4 Å². The monoisotopic (exact) mass is 466 g/mol. The Kier molecular flexibility index (Phi) is 6.60. The third-order valence-electron chi connectivity index (χ3n) is 5.45. The Balaban J connectivity index is 2.20. The highest BCUT2D eigenvalue weighted by Gasteiger charge is 2.51. The zero-order valence-corrected chi connectivity index (χ0v) is 18.0. The molecule has 0 saturated heterocycles. The predicted octanol–water partition coefficient (Wildman–Crippen LogP) is 2.90. The molecule has 3 rings (SSSR count). The maximum Gasteiger partial charge on any atom is 0.304 e. The molecule has 0 heterocycles. The van der Waals surface area contributed by atoms with Crippen molar-refractivity contribution in [1.29, 1.82) is 0 Å². The Labute approximate surface area is 193 Å². The van der Waals surface area contributed by atoms with E-state index in [2.05, 4.69) is 0 Å². The number of carbonyl (C=O) groups is 3. The van der Waals surface area contributed by atoms with Gasteiger partial charge in [0.2, 0.25) is 11.6 Å². The first-order valence-electron chi connectivity index (χ1n) is 10.1. The minimum atomic E-state index is -2.68. The van der Waals surface area contributed by atoms with E-state index in [1.54, 1.807) is 0 Å². The first-order valence-corrected chi connectivity index (χ1v) is 10.1. The minimum Gasteiger partial charge on any atom is -0.508 e. The van der Waals surface area contributed by atoms with E-state index in [9.17, 15) is 45.0 Å². The van der Waals surface area contributed by atoms with Gasteiger partial charge in [-0.3, -0.25) is 14.4 Å². The zero-order valence-electron chi connectivity index (χ0n) is 18.0. The number of rotatable bonds is 6. The highest BCUT2D eigenvalue weighted by atomic mass is 16.4. The van der Waals surface area contributed by atoms with Crippen molar-refractivity contribution in [3.8, 4) is 11.5 Å². The van der Waals surface area contributed by atoms with Crippen LogP contribution < -0.4 is 0 Å². The summed E-state index contributed by atoms with van der Waals surface area (Å²) in [5.41, 5.74) is -3.24. The largest absolute Gasteiger partial charge is 0.508 e. The number of aromatic hydroxyl groups is 2. The number of hydrogen-bond donors (Lipinski definition) is 6. The molecule has 34 heavy (non-hydrogen) atoms. The van der Waals surface area contributed by atoms with Crippen LogP contribution in [0.3, 0.4) is 0 Å². The molecule has 0 saturated carbocycles. The summed E-state index contributed by atoms with van der Waals surface area (Å²) in [6.45, 7) is 0.899. The Hall–Kier alpha value is -4.37. The molecule has 9 nitrogen and oxygen atoms in total.